The Morgan fingerprint density at radius 2 is 2.35 bits per heavy atom. The van der Waals surface area contributed by atoms with Gasteiger partial charge in [-0.1, -0.05) is 0 Å². The average molecular weight is 279 g/mol. The molecule has 0 bridgehead atoms. The summed E-state index contributed by atoms with van der Waals surface area (Å²) in [5.41, 5.74) is 0.904. The standard InChI is InChI=1S/C15H18FNO3/c16-12-3-4-14-11(6-12)7-13(20-14)9-17-5-1-2-10(8-17)15(18)19/h3-4,6,10,13H,1-2,5,7-9H2,(H,18,19). The second-order valence-corrected chi connectivity index (χ2v) is 5.63. The zero-order valence-corrected chi connectivity index (χ0v) is 11.2. The SMILES string of the molecule is O=C(O)C1CCCN(CC2Cc3cc(F)ccc3O2)C1. The van der Waals surface area contributed by atoms with E-state index in [9.17, 15) is 9.18 Å². The summed E-state index contributed by atoms with van der Waals surface area (Å²) < 4.78 is 19.0. The number of benzene rings is 1. The van der Waals surface area contributed by atoms with Gasteiger partial charge in [-0.2, -0.15) is 0 Å². The lowest BCUT2D eigenvalue weighted by Gasteiger charge is -2.32. The van der Waals surface area contributed by atoms with E-state index in [2.05, 4.69) is 4.90 Å². The van der Waals surface area contributed by atoms with Crippen LogP contribution < -0.4 is 4.74 Å². The molecule has 4 nitrogen and oxygen atoms in total. The quantitative estimate of drug-likeness (QED) is 0.918. The van der Waals surface area contributed by atoms with Crippen LogP contribution in [0.25, 0.3) is 0 Å². The Hall–Kier alpha value is -1.62. The Morgan fingerprint density at radius 3 is 3.15 bits per heavy atom. The third kappa shape index (κ3) is 2.77. The van der Waals surface area contributed by atoms with Crippen LogP contribution in [0.4, 0.5) is 4.39 Å². The smallest absolute Gasteiger partial charge is 0.307 e. The Morgan fingerprint density at radius 1 is 1.50 bits per heavy atom. The van der Waals surface area contributed by atoms with Gasteiger partial charge in [-0.25, -0.2) is 4.39 Å². The van der Waals surface area contributed by atoms with Crippen molar-refractivity contribution in [2.24, 2.45) is 5.92 Å². The molecule has 3 rings (SSSR count). The molecule has 1 aromatic rings. The predicted molar refractivity (Wildman–Crippen MR) is 71.3 cm³/mol. The van der Waals surface area contributed by atoms with Crippen LogP contribution in [0.2, 0.25) is 0 Å². The molecule has 0 spiro atoms. The summed E-state index contributed by atoms with van der Waals surface area (Å²) in [5.74, 6) is -0.475. The monoisotopic (exact) mass is 279 g/mol. The zero-order valence-electron chi connectivity index (χ0n) is 11.2. The Balaban J connectivity index is 1.59. The van der Waals surface area contributed by atoms with E-state index in [1.807, 2.05) is 0 Å². The molecule has 20 heavy (non-hydrogen) atoms. The molecular weight excluding hydrogens is 261 g/mol. The van der Waals surface area contributed by atoms with Crippen LogP contribution in [0, 0.1) is 11.7 Å². The molecule has 1 aromatic carbocycles. The van der Waals surface area contributed by atoms with Gasteiger partial charge < -0.3 is 9.84 Å². The first-order chi connectivity index (χ1) is 9.61. The maximum Gasteiger partial charge on any atom is 0.307 e. The molecule has 5 heteroatoms. The van der Waals surface area contributed by atoms with Gasteiger partial charge >= 0.3 is 5.97 Å². The highest BCUT2D eigenvalue weighted by Crippen LogP contribution is 2.30. The minimum atomic E-state index is -0.715. The highest BCUT2D eigenvalue weighted by molar-refractivity contribution is 5.70. The largest absolute Gasteiger partial charge is 0.488 e. The molecule has 2 aliphatic heterocycles. The molecule has 2 aliphatic rings. The van der Waals surface area contributed by atoms with E-state index < -0.39 is 5.97 Å². The molecule has 0 radical (unpaired) electrons. The van der Waals surface area contributed by atoms with Gasteiger partial charge in [0.25, 0.3) is 0 Å². The maximum absolute atomic E-state index is 13.2. The lowest BCUT2D eigenvalue weighted by Crippen LogP contribution is -2.43. The number of hydrogen-bond donors (Lipinski definition) is 1. The Kier molecular flexibility index (Phi) is 3.61. The van der Waals surface area contributed by atoms with Gasteiger partial charge in [0.15, 0.2) is 0 Å². The molecular formula is C15H18FNO3. The van der Waals surface area contributed by atoms with Crippen LogP contribution >= 0.6 is 0 Å². The topological polar surface area (TPSA) is 49.8 Å². The van der Waals surface area contributed by atoms with E-state index in [4.69, 9.17) is 9.84 Å². The summed E-state index contributed by atoms with van der Waals surface area (Å²) in [6, 6.07) is 4.59. The van der Waals surface area contributed by atoms with Gasteiger partial charge in [0.2, 0.25) is 0 Å². The molecule has 0 amide bonds. The lowest BCUT2D eigenvalue weighted by molar-refractivity contribution is -0.143. The number of fused-ring (bicyclic) bond motifs is 1. The lowest BCUT2D eigenvalue weighted by atomic mass is 9.98. The second kappa shape index (κ2) is 5.40. The second-order valence-electron chi connectivity index (χ2n) is 5.63. The third-order valence-electron chi connectivity index (χ3n) is 4.08. The number of ether oxygens (including phenoxy) is 1. The molecule has 1 fully saturated rings. The fraction of sp³-hybridized carbons (Fsp3) is 0.533. The average Bonchev–Trinajstić information content (AvgIpc) is 2.80. The summed E-state index contributed by atoms with van der Waals surface area (Å²) >= 11 is 0. The first kappa shape index (κ1) is 13.4. The van der Waals surface area contributed by atoms with E-state index in [-0.39, 0.29) is 17.8 Å². The number of likely N-dealkylation sites (tertiary alicyclic amines) is 1. The number of nitrogens with zero attached hydrogens (tertiary/aromatic N) is 1. The molecule has 1 saturated heterocycles. The van der Waals surface area contributed by atoms with Crippen molar-refractivity contribution >= 4 is 5.97 Å². The highest BCUT2D eigenvalue weighted by Gasteiger charge is 2.30. The maximum atomic E-state index is 13.2. The number of carboxylic acid groups (broad SMARTS) is 1. The van der Waals surface area contributed by atoms with Crippen LogP contribution in [-0.2, 0) is 11.2 Å². The van der Waals surface area contributed by atoms with Crippen molar-refractivity contribution in [3.05, 3.63) is 29.6 Å². The summed E-state index contributed by atoms with van der Waals surface area (Å²) in [4.78, 5) is 13.2. The van der Waals surface area contributed by atoms with Crippen LogP contribution in [0.15, 0.2) is 18.2 Å². The van der Waals surface area contributed by atoms with Crippen LogP contribution in [0.1, 0.15) is 18.4 Å². The number of halogens is 1. The summed E-state index contributed by atoms with van der Waals surface area (Å²) in [7, 11) is 0. The molecule has 2 atom stereocenters. The number of aliphatic carboxylic acids is 1. The van der Waals surface area contributed by atoms with Crippen molar-refractivity contribution in [3.63, 3.8) is 0 Å². The van der Waals surface area contributed by atoms with Crippen LogP contribution in [0.5, 0.6) is 5.75 Å². The zero-order chi connectivity index (χ0) is 14.1. The van der Waals surface area contributed by atoms with Gasteiger partial charge in [-0.05, 0) is 37.6 Å². The van der Waals surface area contributed by atoms with E-state index >= 15 is 0 Å². The minimum Gasteiger partial charge on any atom is -0.488 e. The van der Waals surface area contributed by atoms with E-state index in [0.29, 0.717) is 19.5 Å². The fourth-order valence-corrected chi connectivity index (χ4v) is 3.10. The van der Waals surface area contributed by atoms with Crippen molar-refractivity contribution in [3.8, 4) is 5.75 Å². The minimum absolute atomic E-state index is 0.000607. The number of carbonyl (C=O) groups is 1. The molecule has 0 saturated carbocycles. The number of hydrogen-bond acceptors (Lipinski definition) is 3. The molecule has 2 heterocycles. The Bertz CT molecular complexity index is 520. The summed E-state index contributed by atoms with van der Waals surface area (Å²) in [6.07, 6.45) is 2.36. The number of carboxylic acids is 1. The van der Waals surface area contributed by atoms with Crippen molar-refractivity contribution < 1.29 is 19.0 Å². The van der Waals surface area contributed by atoms with Crippen molar-refractivity contribution in [1.29, 1.82) is 0 Å². The van der Waals surface area contributed by atoms with Gasteiger partial charge in [0.05, 0.1) is 5.92 Å². The van der Waals surface area contributed by atoms with Gasteiger partial charge in [-0.3, -0.25) is 9.69 Å². The first-order valence-corrected chi connectivity index (χ1v) is 7.02. The van der Waals surface area contributed by atoms with Gasteiger partial charge in [0, 0.05) is 25.1 Å². The predicted octanol–water partition coefficient (Wildman–Crippen LogP) is 1.93. The van der Waals surface area contributed by atoms with Crippen molar-refractivity contribution in [2.75, 3.05) is 19.6 Å². The fourth-order valence-electron chi connectivity index (χ4n) is 3.10. The third-order valence-corrected chi connectivity index (χ3v) is 4.08. The van der Waals surface area contributed by atoms with E-state index in [0.717, 1.165) is 30.7 Å². The normalized spacial score (nSPS) is 26.1. The van der Waals surface area contributed by atoms with E-state index in [1.165, 1.54) is 12.1 Å². The molecule has 1 N–H and O–H groups in total. The first-order valence-electron chi connectivity index (χ1n) is 7.02. The number of rotatable bonds is 3. The number of piperidine rings is 1. The summed E-state index contributed by atoms with van der Waals surface area (Å²) in [6.45, 7) is 2.20. The van der Waals surface area contributed by atoms with Crippen LogP contribution in [0.3, 0.4) is 0 Å². The summed E-state index contributed by atoms with van der Waals surface area (Å²) in [5, 5.41) is 9.09. The Labute approximate surface area is 117 Å². The van der Waals surface area contributed by atoms with E-state index in [1.54, 1.807) is 6.07 Å². The van der Waals surface area contributed by atoms with Crippen molar-refractivity contribution in [1.82, 2.24) is 4.90 Å². The van der Waals surface area contributed by atoms with Gasteiger partial charge in [-0.15, -0.1) is 0 Å². The molecule has 0 aliphatic carbocycles. The molecule has 0 aromatic heterocycles. The highest BCUT2D eigenvalue weighted by atomic mass is 19.1. The van der Waals surface area contributed by atoms with Gasteiger partial charge in [0.1, 0.15) is 17.7 Å². The molecule has 2 unspecified atom stereocenters. The van der Waals surface area contributed by atoms with Crippen LogP contribution in [-0.4, -0.2) is 41.7 Å². The molecule has 108 valence electrons. The van der Waals surface area contributed by atoms with Crippen molar-refractivity contribution in [2.45, 2.75) is 25.4 Å².